The number of rotatable bonds is 6. The highest BCUT2D eigenvalue weighted by atomic mass is 16.5. The van der Waals surface area contributed by atoms with Crippen LogP contribution in [0.2, 0.25) is 0 Å². The first-order chi connectivity index (χ1) is 13.3. The van der Waals surface area contributed by atoms with Gasteiger partial charge in [0.2, 0.25) is 0 Å². The van der Waals surface area contributed by atoms with Crippen molar-refractivity contribution in [1.29, 1.82) is 0 Å². The predicted molar refractivity (Wildman–Crippen MR) is 102 cm³/mol. The summed E-state index contributed by atoms with van der Waals surface area (Å²) >= 11 is 0. The number of nitrogens with one attached hydrogen (secondary N) is 1. The number of hydrogen-bond acceptors (Lipinski definition) is 4. The first-order valence-electron chi connectivity index (χ1n) is 8.68. The van der Waals surface area contributed by atoms with Crippen molar-refractivity contribution in [2.75, 3.05) is 5.32 Å². The van der Waals surface area contributed by atoms with Crippen molar-refractivity contribution in [2.24, 2.45) is 0 Å². The van der Waals surface area contributed by atoms with Gasteiger partial charge < -0.3 is 9.84 Å². The number of hydrogen-bond donors (Lipinski definition) is 1. The fraction of sp³-hybridized carbons (Fsp3) is 0.0952. The molecule has 0 atom stereocenters. The number of aromatic nitrogens is 3. The fourth-order valence-electron chi connectivity index (χ4n) is 2.75. The molecular formula is C21H18N4O2. The molecule has 0 saturated carbocycles. The highest BCUT2D eigenvalue weighted by molar-refractivity contribution is 6.03. The zero-order valence-corrected chi connectivity index (χ0v) is 14.6. The van der Waals surface area contributed by atoms with Crippen LogP contribution in [0.4, 0.5) is 5.69 Å². The van der Waals surface area contributed by atoms with Crippen LogP contribution < -0.4 is 5.32 Å². The largest absolute Gasteiger partial charge is 0.355 e. The van der Waals surface area contributed by atoms with E-state index in [0.717, 1.165) is 18.5 Å². The maximum Gasteiger partial charge on any atom is 0.277 e. The van der Waals surface area contributed by atoms with Gasteiger partial charge in [-0.05, 0) is 12.0 Å². The van der Waals surface area contributed by atoms with Crippen LogP contribution in [0.3, 0.4) is 0 Å². The van der Waals surface area contributed by atoms with Crippen LogP contribution in [0, 0.1) is 0 Å². The van der Waals surface area contributed by atoms with Gasteiger partial charge in [-0.3, -0.25) is 9.48 Å². The van der Waals surface area contributed by atoms with Crippen LogP contribution >= 0.6 is 0 Å². The Morgan fingerprint density at radius 2 is 1.78 bits per heavy atom. The summed E-state index contributed by atoms with van der Waals surface area (Å²) in [5.41, 5.74) is 2.97. The average molecular weight is 358 g/mol. The summed E-state index contributed by atoms with van der Waals surface area (Å²) < 4.78 is 7.08. The zero-order valence-electron chi connectivity index (χ0n) is 14.6. The minimum atomic E-state index is -0.330. The van der Waals surface area contributed by atoms with Gasteiger partial charge in [-0.25, -0.2) is 0 Å². The molecule has 2 heterocycles. The van der Waals surface area contributed by atoms with Crippen molar-refractivity contribution >= 4 is 11.6 Å². The van der Waals surface area contributed by atoms with Gasteiger partial charge in [0.1, 0.15) is 0 Å². The van der Waals surface area contributed by atoms with Gasteiger partial charge in [0.15, 0.2) is 11.5 Å². The number of amides is 1. The summed E-state index contributed by atoms with van der Waals surface area (Å²) in [5, 5.41) is 10.9. The van der Waals surface area contributed by atoms with E-state index in [1.165, 1.54) is 5.56 Å². The van der Waals surface area contributed by atoms with Crippen LogP contribution in [0.1, 0.15) is 16.1 Å². The molecule has 0 spiro atoms. The van der Waals surface area contributed by atoms with Gasteiger partial charge >= 0.3 is 0 Å². The van der Waals surface area contributed by atoms with E-state index >= 15 is 0 Å². The Morgan fingerprint density at radius 3 is 2.56 bits per heavy atom. The molecule has 4 aromatic rings. The van der Waals surface area contributed by atoms with E-state index in [1.807, 2.05) is 48.5 Å². The molecule has 134 valence electrons. The van der Waals surface area contributed by atoms with Crippen molar-refractivity contribution in [3.63, 3.8) is 0 Å². The smallest absolute Gasteiger partial charge is 0.277 e. The standard InChI is InChI=1S/C21H18N4O2/c26-21(19-13-20(27-24-19)17-9-5-2-6-10-17)23-18-14-22-25(15-18)12-11-16-7-3-1-4-8-16/h1-10,13-15H,11-12H2,(H,23,26). The van der Waals surface area contributed by atoms with Crippen molar-refractivity contribution < 1.29 is 9.32 Å². The lowest BCUT2D eigenvalue weighted by Crippen LogP contribution is -2.11. The van der Waals surface area contributed by atoms with Crippen molar-refractivity contribution in [2.45, 2.75) is 13.0 Å². The summed E-state index contributed by atoms with van der Waals surface area (Å²) in [5.74, 6) is 0.225. The molecule has 4 rings (SSSR count). The molecule has 1 amide bonds. The number of nitrogens with zero attached hydrogens (tertiary/aromatic N) is 3. The van der Waals surface area contributed by atoms with Crippen molar-refractivity contribution in [1.82, 2.24) is 14.9 Å². The normalized spacial score (nSPS) is 10.7. The van der Waals surface area contributed by atoms with Gasteiger partial charge in [-0.2, -0.15) is 5.10 Å². The van der Waals surface area contributed by atoms with Crippen molar-refractivity contribution in [3.8, 4) is 11.3 Å². The molecule has 2 aromatic heterocycles. The number of carbonyl (C=O) groups excluding carboxylic acids is 1. The van der Waals surface area contributed by atoms with Crippen LogP contribution in [0.25, 0.3) is 11.3 Å². The summed E-state index contributed by atoms with van der Waals surface area (Å²) in [4.78, 5) is 12.4. The van der Waals surface area contributed by atoms with E-state index in [-0.39, 0.29) is 11.6 Å². The van der Waals surface area contributed by atoms with Crippen LogP contribution in [-0.4, -0.2) is 20.8 Å². The van der Waals surface area contributed by atoms with Gasteiger partial charge in [0.25, 0.3) is 5.91 Å². The number of aryl methyl sites for hydroxylation is 2. The Bertz CT molecular complexity index is 1020. The minimum absolute atomic E-state index is 0.228. The maximum atomic E-state index is 12.4. The molecule has 0 saturated heterocycles. The second-order valence-corrected chi connectivity index (χ2v) is 6.12. The van der Waals surface area contributed by atoms with E-state index in [2.05, 4.69) is 27.7 Å². The van der Waals surface area contributed by atoms with Gasteiger partial charge in [0, 0.05) is 24.4 Å². The van der Waals surface area contributed by atoms with Crippen LogP contribution in [-0.2, 0) is 13.0 Å². The second kappa shape index (κ2) is 7.70. The molecule has 6 nitrogen and oxygen atoms in total. The lowest BCUT2D eigenvalue weighted by molar-refractivity contribution is 0.101. The third kappa shape index (κ3) is 4.12. The molecule has 0 unspecified atom stereocenters. The molecule has 2 aromatic carbocycles. The summed E-state index contributed by atoms with van der Waals surface area (Å²) in [6, 6.07) is 21.4. The molecule has 27 heavy (non-hydrogen) atoms. The number of benzene rings is 2. The monoisotopic (exact) mass is 358 g/mol. The Hall–Kier alpha value is -3.67. The first kappa shape index (κ1) is 16.8. The number of anilines is 1. The average Bonchev–Trinajstić information content (AvgIpc) is 3.38. The molecule has 0 radical (unpaired) electrons. The Morgan fingerprint density at radius 1 is 1.04 bits per heavy atom. The fourth-order valence-corrected chi connectivity index (χ4v) is 2.75. The topological polar surface area (TPSA) is 73.0 Å². The SMILES string of the molecule is O=C(Nc1cnn(CCc2ccccc2)c1)c1cc(-c2ccccc2)on1. The molecule has 0 aliphatic heterocycles. The minimum Gasteiger partial charge on any atom is -0.355 e. The molecular weight excluding hydrogens is 340 g/mol. The summed E-state index contributed by atoms with van der Waals surface area (Å²) in [6.07, 6.45) is 4.31. The Balaban J connectivity index is 1.37. The van der Waals surface area contributed by atoms with Crippen LogP contribution in [0.5, 0.6) is 0 Å². The highest BCUT2D eigenvalue weighted by Crippen LogP contribution is 2.20. The quantitative estimate of drug-likeness (QED) is 0.565. The second-order valence-electron chi connectivity index (χ2n) is 6.12. The van der Waals surface area contributed by atoms with Gasteiger partial charge in [-0.15, -0.1) is 0 Å². The Kier molecular flexibility index (Phi) is 4.78. The third-order valence-corrected chi connectivity index (χ3v) is 4.16. The number of carbonyl (C=O) groups is 1. The molecule has 1 N–H and O–H groups in total. The lowest BCUT2D eigenvalue weighted by atomic mass is 10.1. The highest BCUT2D eigenvalue weighted by Gasteiger charge is 2.14. The summed E-state index contributed by atoms with van der Waals surface area (Å²) in [7, 11) is 0. The zero-order chi connectivity index (χ0) is 18.5. The van der Waals surface area contributed by atoms with E-state index in [9.17, 15) is 4.79 Å². The molecule has 0 fully saturated rings. The van der Waals surface area contributed by atoms with Gasteiger partial charge in [0.05, 0.1) is 11.9 Å². The molecule has 0 aliphatic rings. The van der Waals surface area contributed by atoms with Crippen LogP contribution in [0.15, 0.2) is 83.6 Å². The summed E-state index contributed by atoms with van der Waals surface area (Å²) in [6.45, 7) is 0.738. The molecule has 0 aliphatic carbocycles. The third-order valence-electron chi connectivity index (χ3n) is 4.16. The first-order valence-corrected chi connectivity index (χ1v) is 8.68. The molecule has 6 heteroatoms. The molecule has 0 bridgehead atoms. The maximum absolute atomic E-state index is 12.4. The predicted octanol–water partition coefficient (Wildman–Crippen LogP) is 4.03. The van der Waals surface area contributed by atoms with E-state index in [1.54, 1.807) is 23.1 Å². The van der Waals surface area contributed by atoms with E-state index in [4.69, 9.17) is 4.52 Å². The van der Waals surface area contributed by atoms with E-state index in [0.29, 0.717) is 11.4 Å². The van der Waals surface area contributed by atoms with Gasteiger partial charge in [-0.1, -0.05) is 65.8 Å². The Labute approximate surface area is 156 Å². The van der Waals surface area contributed by atoms with E-state index < -0.39 is 0 Å². The van der Waals surface area contributed by atoms with Crippen molar-refractivity contribution in [3.05, 3.63) is 90.4 Å². The lowest BCUT2D eigenvalue weighted by Gasteiger charge is -2.01.